The summed E-state index contributed by atoms with van der Waals surface area (Å²) in [6, 6.07) is 3.29. The molecule has 0 bridgehead atoms. The highest BCUT2D eigenvalue weighted by atomic mass is 16.7. The first-order chi connectivity index (χ1) is 8.90. The number of aromatic nitrogens is 3. The largest absolute Gasteiger partial charge is 0.334 e. The van der Waals surface area contributed by atoms with Crippen molar-refractivity contribution < 1.29 is 4.84 Å². The number of hydrogen-bond donors (Lipinski definition) is 1. The van der Waals surface area contributed by atoms with Crippen LogP contribution in [0.5, 0.6) is 0 Å². The summed E-state index contributed by atoms with van der Waals surface area (Å²) < 4.78 is 2.39. The van der Waals surface area contributed by atoms with Crippen LogP contribution in [-0.2, 0) is 17.6 Å². The van der Waals surface area contributed by atoms with Gasteiger partial charge in [0.15, 0.2) is 5.72 Å². The van der Waals surface area contributed by atoms with Crippen molar-refractivity contribution in [1.29, 1.82) is 0 Å². The first-order valence-corrected chi connectivity index (χ1v) is 5.82. The molecule has 102 valence electrons. The Bertz CT molecular complexity index is 730. The highest BCUT2D eigenvalue weighted by Gasteiger charge is 2.27. The van der Waals surface area contributed by atoms with E-state index in [2.05, 4.69) is 10.5 Å². The molecule has 2 rings (SSSR count). The van der Waals surface area contributed by atoms with Crippen molar-refractivity contribution in [2.24, 2.45) is 7.05 Å². The fourth-order valence-corrected chi connectivity index (χ4v) is 2.05. The molecule has 1 N–H and O–H groups in total. The van der Waals surface area contributed by atoms with Crippen LogP contribution in [0.15, 0.2) is 27.9 Å². The Hall–Kier alpha value is -1.99. The number of pyridine rings is 1. The molecule has 0 unspecified atom stereocenters. The maximum Gasteiger partial charge on any atom is 0.334 e. The predicted molar refractivity (Wildman–Crippen MR) is 70.7 cm³/mol. The van der Waals surface area contributed by atoms with Gasteiger partial charge in [-0.2, -0.15) is 0 Å². The lowest BCUT2D eigenvalue weighted by atomic mass is 10.2. The topological polar surface area (TPSA) is 78.2 Å². The minimum absolute atomic E-state index is 0.356. The van der Waals surface area contributed by atoms with Crippen molar-refractivity contribution in [3.63, 3.8) is 0 Å². The molecule has 0 atom stereocenters. The van der Waals surface area contributed by atoms with Gasteiger partial charge in [-0.25, -0.2) is 19.8 Å². The second kappa shape index (κ2) is 4.60. The van der Waals surface area contributed by atoms with Crippen LogP contribution in [0.2, 0.25) is 0 Å². The molecule has 0 aliphatic heterocycles. The fourth-order valence-electron chi connectivity index (χ4n) is 2.05. The molecule has 0 aliphatic carbocycles. The maximum atomic E-state index is 12.4. The summed E-state index contributed by atoms with van der Waals surface area (Å²) in [7, 11) is 3.14. The molecular weight excluding hydrogens is 248 g/mol. The Balaban J connectivity index is 2.91. The van der Waals surface area contributed by atoms with E-state index in [1.807, 2.05) is 0 Å². The maximum absolute atomic E-state index is 12.4. The van der Waals surface area contributed by atoms with Crippen molar-refractivity contribution >= 4 is 11.0 Å². The number of nitrogens with zero attached hydrogens (tertiary/aromatic N) is 3. The first-order valence-electron chi connectivity index (χ1n) is 5.82. The van der Waals surface area contributed by atoms with Crippen molar-refractivity contribution in [2.45, 2.75) is 19.6 Å². The quantitative estimate of drug-likeness (QED) is 0.786. The first kappa shape index (κ1) is 13.4. The van der Waals surface area contributed by atoms with Gasteiger partial charge in [0, 0.05) is 20.3 Å². The third-order valence-electron chi connectivity index (χ3n) is 2.91. The third-order valence-corrected chi connectivity index (χ3v) is 2.91. The Labute approximate surface area is 109 Å². The van der Waals surface area contributed by atoms with Crippen LogP contribution in [-0.4, -0.2) is 21.2 Å². The molecule has 0 spiro atoms. The van der Waals surface area contributed by atoms with E-state index in [9.17, 15) is 9.59 Å². The molecular formula is C12H16N4O3. The molecule has 0 saturated heterocycles. The van der Waals surface area contributed by atoms with Gasteiger partial charge in [0.1, 0.15) is 5.65 Å². The molecule has 0 aliphatic rings. The molecule has 19 heavy (non-hydrogen) atoms. The summed E-state index contributed by atoms with van der Waals surface area (Å²) in [6.45, 7) is 3.27. The Morgan fingerprint density at radius 2 is 2.05 bits per heavy atom. The van der Waals surface area contributed by atoms with Crippen molar-refractivity contribution in [1.82, 2.24) is 19.6 Å². The van der Waals surface area contributed by atoms with Gasteiger partial charge in [0.05, 0.1) is 5.39 Å². The van der Waals surface area contributed by atoms with Crippen LogP contribution in [0.25, 0.3) is 11.0 Å². The van der Waals surface area contributed by atoms with Crippen LogP contribution in [0.3, 0.4) is 0 Å². The number of hydroxylamine groups is 1. The molecule has 0 saturated carbocycles. The Morgan fingerprint density at radius 3 is 2.68 bits per heavy atom. The van der Waals surface area contributed by atoms with Crippen molar-refractivity contribution in [3.8, 4) is 0 Å². The van der Waals surface area contributed by atoms with E-state index in [0.717, 1.165) is 4.57 Å². The summed E-state index contributed by atoms with van der Waals surface area (Å²) in [5.74, 6) is 0. The van der Waals surface area contributed by atoms with Gasteiger partial charge in [-0.15, -0.1) is 0 Å². The lowest BCUT2D eigenvalue weighted by Crippen LogP contribution is -2.51. The molecule has 7 nitrogen and oxygen atoms in total. The van der Waals surface area contributed by atoms with Crippen LogP contribution >= 0.6 is 0 Å². The summed E-state index contributed by atoms with van der Waals surface area (Å²) in [5, 5.41) is 0.373. The van der Waals surface area contributed by atoms with E-state index in [4.69, 9.17) is 4.84 Å². The summed E-state index contributed by atoms with van der Waals surface area (Å²) in [4.78, 5) is 34.1. The standard InChI is InChI=1S/C12H16N4O3/c1-12(2,19-13-3)16-10(17)8-6-5-7-14-9(8)15(4)11(16)18/h5-7,13H,1-4H3. The van der Waals surface area contributed by atoms with Gasteiger partial charge in [0.25, 0.3) is 5.56 Å². The molecule has 0 aromatic carbocycles. The smallest absolute Gasteiger partial charge is 0.280 e. The minimum atomic E-state index is -1.11. The predicted octanol–water partition coefficient (Wildman–Crippen LogP) is -0.0612. The van der Waals surface area contributed by atoms with Gasteiger partial charge < -0.3 is 0 Å². The lowest BCUT2D eigenvalue weighted by molar-refractivity contribution is -0.132. The summed E-state index contributed by atoms with van der Waals surface area (Å²) in [6.07, 6.45) is 1.54. The summed E-state index contributed by atoms with van der Waals surface area (Å²) in [5.41, 5.74) is 0.854. The van der Waals surface area contributed by atoms with Crippen LogP contribution < -0.4 is 16.7 Å². The molecule has 2 aromatic heterocycles. The highest BCUT2D eigenvalue weighted by molar-refractivity contribution is 5.73. The van der Waals surface area contributed by atoms with Crippen molar-refractivity contribution in [2.75, 3.05) is 7.05 Å². The number of fused-ring (bicyclic) bond motifs is 1. The number of aryl methyl sites for hydroxylation is 1. The zero-order valence-corrected chi connectivity index (χ0v) is 11.3. The molecule has 2 aromatic rings. The second-order valence-corrected chi connectivity index (χ2v) is 4.61. The average molecular weight is 264 g/mol. The van der Waals surface area contributed by atoms with E-state index < -0.39 is 17.0 Å². The molecule has 0 radical (unpaired) electrons. The van der Waals surface area contributed by atoms with E-state index in [1.54, 1.807) is 46.3 Å². The van der Waals surface area contributed by atoms with E-state index in [-0.39, 0.29) is 0 Å². The van der Waals surface area contributed by atoms with Gasteiger partial charge in [0.2, 0.25) is 0 Å². The average Bonchev–Trinajstić information content (AvgIpc) is 2.36. The molecule has 0 amide bonds. The van der Waals surface area contributed by atoms with E-state index in [1.165, 1.54) is 4.57 Å². The Morgan fingerprint density at radius 1 is 1.37 bits per heavy atom. The van der Waals surface area contributed by atoms with Crippen LogP contribution in [0.4, 0.5) is 0 Å². The molecule has 0 fully saturated rings. The van der Waals surface area contributed by atoms with Gasteiger partial charge in [-0.05, 0) is 26.0 Å². The Kier molecular flexibility index (Phi) is 3.25. The normalized spacial score (nSPS) is 12.0. The van der Waals surface area contributed by atoms with E-state index >= 15 is 0 Å². The number of rotatable bonds is 3. The number of hydrogen-bond acceptors (Lipinski definition) is 5. The summed E-state index contributed by atoms with van der Waals surface area (Å²) >= 11 is 0. The second-order valence-electron chi connectivity index (χ2n) is 4.61. The van der Waals surface area contributed by atoms with Crippen LogP contribution in [0.1, 0.15) is 13.8 Å². The third kappa shape index (κ3) is 2.06. The zero-order chi connectivity index (χ0) is 14.2. The monoisotopic (exact) mass is 264 g/mol. The lowest BCUT2D eigenvalue weighted by Gasteiger charge is -2.26. The number of nitrogens with one attached hydrogen (secondary N) is 1. The molecule has 2 heterocycles. The SMILES string of the molecule is CNOC(C)(C)n1c(=O)c2cccnc2n(C)c1=O. The highest BCUT2D eigenvalue weighted by Crippen LogP contribution is 2.12. The fraction of sp³-hybridized carbons (Fsp3) is 0.417. The van der Waals surface area contributed by atoms with Gasteiger partial charge in [-0.1, -0.05) is 0 Å². The minimum Gasteiger partial charge on any atom is -0.280 e. The molecule has 7 heteroatoms. The van der Waals surface area contributed by atoms with E-state index in [0.29, 0.717) is 11.0 Å². The van der Waals surface area contributed by atoms with Gasteiger partial charge >= 0.3 is 5.69 Å². The van der Waals surface area contributed by atoms with Gasteiger partial charge in [-0.3, -0.25) is 14.2 Å². The van der Waals surface area contributed by atoms with Crippen molar-refractivity contribution in [3.05, 3.63) is 39.2 Å². The zero-order valence-electron chi connectivity index (χ0n) is 11.3. The van der Waals surface area contributed by atoms with Crippen LogP contribution in [0, 0.1) is 0 Å².